The van der Waals surface area contributed by atoms with Crippen molar-refractivity contribution in [3.63, 3.8) is 0 Å². The van der Waals surface area contributed by atoms with E-state index in [-0.39, 0.29) is 0 Å². The first-order valence-electron chi connectivity index (χ1n) is 8.48. The van der Waals surface area contributed by atoms with Gasteiger partial charge in [0.25, 0.3) is 0 Å². The van der Waals surface area contributed by atoms with Gasteiger partial charge in [0.2, 0.25) is 0 Å². The lowest BCUT2D eigenvalue weighted by atomic mass is 9.99. The SMILES string of the molecule is c1cc2cnn(C3COC3)c2cc1-c1nsc(C2CCNCC2)n1. The Hall–Kier alpha value is -1.83. The van der Waals surface area contributed by atoms with Gasteiger partial charge in [0.05, 0.1) is 31.0 Å². The summed E-state index contributed by atoms with van der Waals surface area (Å²) >= 11 is 1.55. The van der Waals surface area contributed by atoms with Crippen LogP contribution >= 0.6 is 11.5 Å². The van der Waals surface area contributed by atoms with Crippen molar-refractivity contribution in [3.05, 3.63) is 29.4 Å². The molecule has 0 aliphatic carbocycles. The van der Waals surface area contributed by atoms with E-state index in [9.17, 15) is 0 Å². The van der Waals surface area contributed by atoms with Crippen LogP contribution in [0.25, 0.3) is 22.3 Å². The fourth-order valence-corrected chi connectivity index (χ4v) is 4.26. The van der Waals surface area contributed by atoms with Crippen LogP contribution in [0.3, 0.4) is 0 Å². The van der Waals surface area contributed by atoms with Crippen LogP contribution in [0.2, 0.25) is 0 Å². The van der Waals surface area contributed by atoms with Crippen molar-refractivity contribution >= 4 is 22.4 Å². The molecule has 1 N–H and O–H groups in total. The molecule has 0 bridgehead atoms. The van der Waals surface area contributed by atoms with Crippen LogP contribution in [-0.4, -0.2) is 45.4 Å². The molecule has 0 saturated carbocycles. The zero-order chi connectivity index (χ0) is 15.9. The van der Waals surface area contributed by atoms with Crippen molar-refractivity contribution < 1.29 is 4.74 Å². The van der Waals surface area contributed by atoms with Crippen LogP contribution in [0.5, 0.6) is 0 Å². The van der Waals surface area contributed by atoms with Gasteiger partial charge in [-0.2, -0.15) is 9.47 Å². The Balaban J connectivity index is 1.48. The molecule has 24 heavy (non-hydrogen) atoms. The zero-order valence-electron chi connectivity index (χ0n) is 13.3. The van der Waals surface area contributed by atoms with Gasteiger partial charge in [-0.1, -0.05) is 12.1 Å². The molecule has 0 spiro atoms. The summed E-state index contributed by atoms with van der Waals surface area (Å²) in [5, 5.41) is 10.3. The molecule has 0 unspecified atom stereocenters. The Morgan fingerprint density at radius 1 is 1.21 bits per heavy atom. The molecule has 3 aromatic rings. The third-order valence-electron chi connectivity index (χ3n) is 4.95. The topological polar surface area (TPSA) is 64.9 Å². The molecule has 0 amide bonds. The minimum atomic E-state index is 0.353. The van der Waals surface area contributed by atoms with E-state index in [1.165, 1.54) is 5.01 Å². The molecule has 124 valence electrons. The normalized spacial score (nSPS) is 19.7. The minimum absolute atomic E-state index is 0.353. The van der Waals surface area contributed by atoms with Crippen molar-refractivity contribution in [2.24, 2.45) is 0 Å². The number of hydrogen-bond donors (Lipinski definition) is 1. The number of ether oxygens (including phenoxy) is 1. The lowest BCUT2D eigenvalue weighted by molar-refractivity contribution is -0.0266. The van der Waals surface area contributed by atoms with Crippen molar-refractivity contribution in [2.45, 2.75) is 24.8 Å². The maximum Gasteiger partial charge on any atom is 0.173 e. The lowest BCUT2D eigenvalue weighted by Gasteiger charge is -2.26. The number of benzene rings is 1. The molecule has 4 heterocycles. The Morgan fingerprint density at radius 2 is 2.08 bits per heavy atom. The molecule has 1 aromatic carbocycles. The molecule has 7 heteroatoms. The third-order valence-corrected chi connectivity index (χ3v) is 5.83. The summed E-state index contributed by atoms with van der Waals surface area (Å²) < 4.78 is 12.0. The van der Waals surface area contributed by atoms with Crippen LogP contribution in [0.15, 0.2) is 24.4 Å². The molecule has 0 atom stereocenters. The van der Waals surface area contributed by atoms with Crippen LogP contribution < -0.4 is 5.32 Å². The van der Waals surface area contributed by atoms with E-state index in [0.717, 1.165) is 61.4 Å². The van der Waals surface area contributed by atoms with Gasteiger partial charge in [0.1, 0.15) is 5.01 Å². The molecule has 5 rings (SSSR count). The highest BCUT2D eigenvalue weighted by atomic mass is 32.1. The average molecular weight is 341 g/mol. The summed E-state index contributed by atoms with van der Waals surface area (Å²) in [6.07, 6.45) is 4.23. The van der Waals surface area contributed by atoms with E-state index in [1.807, 2.05) is 6.20 Å². The van der Waals surface area contributed by atoms with E-state index in [4.69, 9.17) is 9.72 Å². The van der Waals surface area contributed by atoms with E-state index >= 15 is 0 Å². The molecule has 2 aliphatic heterocycles. The molecular formula is C17H19N5OS. The highest BCUT2D eigenvalue weighted by molar-refractivity contribution is 7.05. The molecule has 2 fully saturated rings. The fraction of sp³-hybridized carbons (Fsp3) is 0.471. The second kappa shape index (κ2) is 5.91. The van der Waals surface area contributed by atoms with Gasteiger partial charge < -0.3 is 10.1 Å². The van der Waals surface area contributed by atoms with Gasteiger partial charge in [0.15, 0.2) is 5.82 Å². The number of rotatable bonds is 3. The van der Waals surface area contributed by atoms with Crippen LogP contribution in [0.4, 0.5) is 0 Å². The first-order valence-corrected chi connectivity index (χ1v) is 9.25. The summed E-state index contributed by atoms with van der Waals surface area (Å²) in [6.45, 7) is 3.65. The monoisotopic (exact) mass is 341 g/mol. The molecular weight excluding hydrogens is 322 g/mol. The largest absolute Gasteiger partial charge is 0.377 e. The van der Waals surface area contributed by atoms with E-state index in [2.05, 4.69) is 37.7 Å². The standard InChI is InChI=1S/C17H19N5OS/c1-2-13-8-19-22(14-9-23-10-14)15(13)7-12(1)16-20-17(24-21-16)11-3-5-18-6-4-11/h1-2,7-8,11,14,18H,3-6,9-10H2. The minimum Gasteiger partial charge on any atom is -0.377 e. The Morgan fingerprint density at radius 3 is 2.88 bits per heavy atom. The predicted octanol–water partition coefficient (Wildman–Crippen LogP) is 2.59. The van der Waals surface area contributed by atoms with E-state index in [0.29, 0.717) is 12.0 Å². The van der Waals surface area contributed by atoms with Gasteiger partial charge in [-0.15, -0.1) is 0 Å². The van der Waals surface area contributed by atoms with E-state index in [1.54, 1.807) is 11.5 Å². The first-order chi connectivity index (χ1) is 11.9. The number of fused-ring (bicyclic) bond motifs is 1. The lowest BCUT2D eigenvalue weighted by Crippen LogP contribution is -2.31. The van der Waals surface area contributed by atoms with Crippen molar-refractivity contribution in [2.75, 3.05) is 26.3 Å². The van der Waals surface area contributed by atoms with E-state index < -0.39 is 0 Å². The number of hydrogen-bond acceptors (Lipinski definition) is 6. The molecule has 0 radical (unpaired) electrons. The summed E-state index contributed by atoms with van der Waals surface area (Å²) in [6, 6.07) is 6.72. The van der Waals surface area contributed by atoms with Gasteiger partial charge in [-0.3, -0.25) is 4.68 Å². The molecule has 2 saturated heterocycles. The quantitative estimate of drug-likeness (QED) is 0.793. The summed E-state index contributed by atoms with van der Waals surface area (Å²) in [4.78, 5) is 4.83. The summed E-state index contributed by atoms with van der Waals surface area (Å²) in [5.41, 5.74) is 2.21. The van der Waals surface area contributed by atoms with Crippen LogP contribution in [-0.2, 0) is 4.74 Å². The van der Waals surface area contributed by atoms with Gasteiger partial charge in [0, 0.05) is 16.9 Å². The van der Waals surface area contributed by atoms with Gasteiger partial charge in [-0.25, -0.2) is 4.98 Å². The highest BCUT2D eigenvalue weighted by Gasteiger charge is 2.23. The number of nitrogens with zero attached hydrogens (tertiary/aromatic N) is 4. The average Bonchev–Trinajstić information content (AvgIpc) is 3.22. The first kappa shape index (κ1) is 14.5. The Bertz CT molecular complexity index is 863. The third kappa shape index (κ3) is 2.44. The van der Waals surface area contributed by atoms with Crippen LogP contribution in [0.1, 0.15) is 29.8 Å². The van der Waals surface area contributed by atoms with Crippen molar-refractivity contribution in [1.29, 1.82) is 0 Å². The number of aromatic nitrogens is 4. The number of piperidine rings is 1. The molecule has 2 aromatic heterocycles. The van der Waals surface area contributed by atoms with Gasteiger partial charge >= 0.3 is 0 Å². The number of nitrogens with one attached hydrogen (secondary N) is 1. The Kier molecular flexibility index (Phi) is 3.57. The summed E-state index contributed by atoms with van der Waals surface area (Å²) in [5.74, 6) is 1.40. The second-order valence-electron chi connectivity index (χ2n) is 6.53. The zero-order valence-corrected chi connectivity index (χ0v) is 14.1. The molecule has 2 aliphatic rings. The van der Waals surface area contributed by atoms with Crippen molar-refractivity contribution in [1.82, 2.24) is 24.5 Å². The second-order valence-corrected chi connectivity index (χ2v) is 7.32. The van der Waals surface area contributed by atoms with Crippen molar-refractivity contribution in [3.8, 4) is 11.4 Å². The predicted molar refractivity (Wildman–Crippen MR) is 93.3 cm³/mol. The molecule has 6 nitrogen and oxygen atoms in total. The van der Waals surface area contributed by atoms with Crippen LogP contribution in [0, 0.1) is 0 Å². The smallest absolute Gasteiger partial charge is 0.173 e. The maximum absolute atomic E-state index is 5.30. The summed E-state index contributed by atoms with van der Waals surface area (Å²) in [7, 11) is 0. The Labute approximate surface area is 144 Å². The fourth-order valence-electron chi connectivity index (χ4n) is 3.42. The highest BCUT2D eigenvalue weighted by Crippen LogP contribution is 2.31. The van der Waals surface area contributed by atoms with Gasteiger partial charge in [-0.05, 0) is 43.5 Å². The maximum atomic E-state index is 5.30.